The maximum absolute atomic E-state index is 13.2. The predicted molar refractivity (Wildman–Crippen MR) is 134 cm³/mol. The number of nitrogens with zero attached hydrogens (tertiary/aromatic N) is 4. The minimum absolute atomic E-state index is 0.0441. The Hall–Kier alpha value is -1.86. The third-order valence-corrected chi connectivity index (χ3v) is 8.54. The summed E-state index contributed by atoms with van der Waals surface area (Å²) in [6.45, 7) is 7.28. The quantitative estimate of drug-likeness (QED) is 0.615. The summed E-state index contributed by atoms with van der Waals surface area (Å²) >= 11 is 6.32. The van der Waals surface area contributed by atoms with Crippen LogP contribution in [-0.2, 0) is 4.79 Å². The molecule has 0 radical (unpaired) electrons. The minimum Gasteiger partial charge on any atom is -0.379 e. The number of likely N-dealkylation sites (tertiary alicyclic amines) is 1. The van der Waals surface area contributed by atoms with Crippen molar-refractivity contribution in [1.82, 2.24) is 14.8 Å². The molecule has 1 aromatic heterocycles. The van der Waals surface area contributed by atoms with Crippen molar-refractivity contribution >= 4 is 29.2 Å². The first-order chi connectivity index (χ1) is 16.1. The molecule has 4 rings (SSSR count). The van der Waals surface area contributed by atoms with Crippen molar-refractivity contribution in [2.24, 2.45) is 23.7 Å². The van der Waals surface area contributed by atoms with E-state index in [1.165, 1.54) is 4.90 Å². The highest BCUT2D eigenvalue weighted by molar-refractivity contribution is 6.32. The summed E-state index contributed by atoms with van der Waals surface area (Å²) in [6, 6.07) is 3.66. The topological polar surface area (TPSA) is 77.0 Å². The van der Waals surface area contributed by atoms with Crippen molar-refractivity contribution in [2.45, 2.75) is 58.0 Å². The second-order valence-electron chi connectivity index (χ2n) is 10.9. The molecule has 0 aromatic carbocycles. The lowest BCUT2D eigenvalue weighted by molar-refractivity contribution is -0.161. The number of piperidine rings is 2. The normalized spacial score (nSPS) is 22.1. The molecule has 3 fully saturated rings. The molecule has 1 aromatic rings. The van der Waals surface area contributed by atoms with Gasteiger partial charge >= 0.3 is 0 Å². The van der Waals surface area contributed by atoms with E-state index in [1.807, 2.05) is 24.8 Å². The third kappa shape index (κ3) is 4.92. The van der Waals surface area contributed by atoms with Gasteiger partial charge in [0.2, 0.25) is 0 Å². The molecule has 1 unspecified atom stereocenters. The molecule has 1 atom stereocenters. The summed E-state index contributed by atoms with van der Waals surface area (Å²) in [7, 11) is 3.41. The second-order valence-corrected chi connectivity index (χ2v) is 11.3. The molecule has 0 spiro atoms. The molecule has 1 aliphatic carbocycles. The van der Waals surface area contributed by atoms with Gasteiger partial charge in [-0.3, -0.25) is 9.59 Å². The Balaban J connectivity index is 1.29. The standard InChI is InChI=1S/C26H39ClN4O3/c1-17(2)26(34,20-5-6-20)25(33)31-15-11-19(12-16-31)18-9-13-30(14-10-18)22-8-7-21(23(27)28-22)24(32)29(3)4/h7-8,17-20,34H,5-6,9-16H2,1-4H3. The fraction of sp³-hybridized carbons (Fsp3) is 0.731. The molecule has 1 saturated carbocycles. The number of hydrogen-bond acceptors (Lipinski definition) is 5. The maximum atomic E-state index is 13.2. The number of aliphatic hydroxyl groups is 1. The number of pyridine rings is 1. The van der Waals surface area contributed by atoms with Gasteiger partial charge in [0.25, 0.3) is 11.8 Å². The van der Waals surface area contributed by atoms with E-state index in [0.717, 1.165) is 70.5 Å². The van der Waals surface area contributed by atoms with Crippen LogP contribution in [0.2, 0.25) is 5.15 Å². The molecule has 3 aliphatic rings. The number of rotatable bonds is 6. The fourth-order valence-electron chi connectivity index (χ4n) is 5.84. The van der Waals surface area contributed by atoms with Crippen LogP contribution in [0.25, 0.3) is 0 Å². The number of carbonyl (C=O) groups excluding carboxylic acids is 2. The molecule has 1 N–H and O–H groups in total. The smallest absolute Gasteiger partial charge is 0.256 e. The summed E-state index contributed by atoms with van der Waals surface area (Å²) in [5.41, 5.74) is -0.753. The molecular formula is C26H39ClN4O3. The number of hydrogen-bond donors (Lipinski definition) is 1. The molecule has 8 heteroatoms. The fourth-order valence-corrected chi connectivity index (χ4v) is 6.08. The molecule has 7 nitrogen and oxygen atoms in total. The molecule has 3 heterocycles. The van der Waals surface area contributed by atoms with Crippen molar-refractivity contribution in [3.8, 4) is 0 Å². The highest BCUT2D eigenvalue weighted by Crippen LogP contribution is 2.45. The van der Waals surface area contributed by atoms with Crippen molar-refractivity contribution in [2.75, 3.05) is 45.2 Å². The van der Waals surface area contributed by atoms with Crippen LogP contribution in [0, 0.1) is 23.7 Å². The Morgan fingerprint density at radius 2 is 1.59 bits per heavy atom. The van der Waals surface area contributed by atoms with E-state index in [2.05, 4.69) is 9.88 Å². The van der Waals surface area contributed by atoms with Gasteiger partial charge in [-0.05, 0) is 74.3 Å². The first kappa shape index (κ1) is 25.2. The van der Waals surface area contributed by atoms with E-state index < -0.39 is 5.60 Å². The lowest BCUT2D eigenvalue weighted by atomic mass is 9.78. The molecule has 0 bridgehead atoms. The van der Waals surface area contributed by atoms with Crippen molar-refractivity contribution in [1.29, 1.82) is 0 Å². The van der Waals surface area contributed by atoms with E-state index >= 15 is 0 Å². The van der Waals surface area contributed by atoms with Crippen LogP contribution in [0.5, 0.6) is 0 Å². The Bertz CT molecular complexity index is 899. The average Bonchev–Trinajstić information content (AvgIpc) is 3.68. The number of amides is 2. The molecule has 2 saturated heterocycles. The van der Waals surface area contributed by atoms with Crippen molar-refractivity contribution in [3.05, 3.63) is 22.8 Å². The van der Waals surface area contributed by atoms with Crippen LogP contribution in [-0.4, -0.2) is 77.6 Å². The number of halogens is 1. The summed E-state index contributed by atoms with van der Waals surface area (Å²) in [6.07, 6.45) is 6.14. The zero-order chi connectivity index (χ0) is 24.6. The van der Waals surface area contributed by atoms with Gasteiger partial charge in [-0.1, -0.05) is 25.4 Å². The average molecular weight is 491 g/mol. The summed E-state index contributed by atoms with van der Waals surface area (Å²) in [4.78, 5) is 35.6. The first-order valence-corrected chi connectivity index (χ1v) is 13.2. The summed E-state index contributed by atoms with van der Waals surface area (Å²) in [5.74, 6) is 1.99. The van der Waals surface area contributed by atoms with E-state index in [0.29, 0.717) is 17.4 Å². The van der Waals surface area contributed by atoms with Crippen LogP contribution >= 0.6 is 11.6 Å². The monoisotopic (exact) mass is 490 g/mol. The largest absolute Gasteiger partial charge is 0.379 e. The zero-order valence-corrected chi connectivity index (χ0v) is 21.7. The molecule has 2 aliphatic heterocycles. The highest BCUT2D eigenvalue weighted by Gasteiger charge is 2.53. The Morgan fingerprint density at radius 1 is 1.03 bits per heavy atom. The van der Waals surface area contributed by atoms with Crippen LogP contribution < -0.4 is 4.90 Å². The van der Waals surface area contributed by atoms with Crippen LogP contribution in [0.4, 0.5) is 5.82 Å². The van der Waals surface area contributed by atoms with Crippen molar-refractivity contribution < 1.29 is 14.7 Å². The van der Waals surface area contributed by atoms with Gasteiger partial charge in [0.05, 0.1) is 5.56 Å². The van der Waals surface area contributed by atoms with Gasteiger partial charge in [-0.2, -0.15) is 0 Å². The predicted octanol–water partition coefficient (Wildman–Crippen LogP) is 3.69. The number of anilines is 1. The van der Waals surface area contributed by atoms with Gasteiger partial charge in [-0.25, -0.2) is 4.98 Å². The van der Waals surface area contributed by atoms with Gasteiger partial charge < -0.3 is 19.8 Å². The Morgan fingerprint density at radius 3 is 2.06 bits per heavy atom. The molecule has 34 heavy (non-hydrogen) atoms. The Kier molecular flexibility index (Phi) is 7.44. The molecule has 2 amide bonds. The number of aromatic nitrogens is 1. The van der Waals surface area contributed by atoms with Gasteiger partial charge in [0, 0.05) is 40.3 Å². The van der Waals surface area contributed by atoms with Gasteiger partial charge in [-0.15, -0.1) is 0 Å². The highest BCUT2D eigenvalue weighted by atomic mass is 35.5. The lowest BCUT2D eigenvalue weighted by Crippen LogP contribution is -2.56. The lowest BCUT2D eigenvalue weighted by Gasteiger charge is -2.43. The van der Waals surface area contributed by atoms with Crippen LogP contribution in [0.1, 0.15) is 62.7 Å². The first-order valence-electron chi connectivity index (χ1n) is 12.8. The summed E-state index contributed by atoms with van der Waals surface area (Å²) < 4.78 is 0. The van der Waals surface area contributed by atoms with Crippen LogP contribution in [0.3, 0.4) is 0 Å². The van der Waals surface area contributed by atoms with E-state index in [1.54, 1.807) is 20.2 Å². The van der Waals surface area contributed by atoms with E-state index in [9.17, 15) is 14.7 Å². The maximum Gasteiger partial charge on any atom is 0.256 e. The summed E-state index contributed by atoms with van der Waals surface area (Å²) in [5, 5.41) is 11.4. The van der Waals surface area contributed by atoms with Gasteiger partial charge in [0.1, 0.15) is 16.6 Å². The van der Waals surface area contributed by atoms with E-state index in [4.69, 9.17) is 11.6 Å². The number of carbonyl (C=O) groups is 2. The third-order valence-electron chi connectivity index (χ3n) is 8.25. The minimum atomic E-state index is -1.18. The zero-order valence-electron chi connectivity index (χ0n) is 21.0. The van der Waals surface area contributed by atoms with E-state index in [-0.39, 0.29) is 28.8 Å². The second kappa shape index (κ2) is 10.0. The van der Waals surface area contributed by atoms with Gasteiger partial charge in [0.15, 0.2) is 0 Å². The molecular weight excluding hydrogens is 452 g/mol. The SMILES string of the molecule is CC(C)C(O)(C(=O)N1CCC(C2CCN(c3ccc(C(=O)N(C)C)c(Cl)n3)CC2)CC1)C1CC1. The van der Waals surface area contributed by atoms with Crippen LogP contribution in [0.15, 0.2) is 12.1 Å². The molecule has 188 valence electrons. The Labute approximate surface area is 208 Å². The van der Waals surface area contributed by atoms with Crippen molar-refractivity contribution in [3.63, 3.8) is 0 Å².